The predicted molar refractivity (Wildman–Crippen MR) is 42.4 cm³/mol. The monoisotopic (exact) mass is 147 g/mol. The fourth-order valence-corrected chi connectivity index (χ4v) is 0.934. The van der Waals surface area contributed by atoms with E-state index in [1.54, 1.807) is 4.90 Å². The Kier molecular flexibility index (Phi) is 2.18. The maximum Gasteiger partial charge on any atom is 0.299 e. The lowest BCUT2D eigenvalue weighted by molar-refractivity contribution is -0.125. The average molecular weight is 147 g/mol. The molecule has 0 radical (unpaired) electrons. The van der Waals surface area contributed by atoms with Crippen LogP contribution in [0.1, 0.15) is 12.8 Å². The maximum atomic E-state index is 11.0. The topological polar surface area (TPSA) is 20.3 Å². The molecule has 2 heteroatoms. The van der Waals surface area contributed by atoms with Crippen LogP contribution in [-0.4, -0.2) is 23.4 Å². The molecule has 0 aromatic heterocycles. The Labute approximate surface area is 66.6 Å². The molecule has 1 aliphatic carbocycles. The molecular weight excluding hydrogens is 138 g/mol. The third-order valence-corrected chi connectivity index (χ3v) is 1.63. The van der Waals surface area contributed by atoms with E-state index < -0.39 is 0 Å². The van der Waals surface area contributed by atoms with Crippen molar-refractivity contribution in [2.45, 2.75) is 18.9 Å². The van der Waals surface area contributed by atoms with Gasteiger partial charge in [0.15, 0.2) is 0 Å². The van der Waals surface area contributed by atoms with Gasteiger partial charge in [0.1, 0.15) is 0 Å². The zero-order chi connectivity index (χ0) is 8.27. The highest BCUT2D eigenvalue weighted by Gasteiger charge is 2.30. The van der Waals surface area contributed by atoms with Crippen molar-refractivity contribution >= 4 is 5.91 Å². The third kappa shape index (κ3) is 1.75. The van der Waals surface area contributed by atoms with E-state index in [0.29, 0.717) is 12.6 Å². The minimum atomic E-state index is -0.287. The number of hydrogen-bond donors (Lipinski definition) is 0. The molecule has 56 valence electrons. The van der Waals surface area contributed by atoms with Gasteiger partial charge in [0, 0.05) is 6.04 Å². The quantitative estimate of drug-likeness (QED) is 0.512. The van der Waals surface area contributed by atoms with Crippen molar-refractivity contribution in [1.82, 2.24) is 4.90 Å². The molecule has 2 nitrogen and oxygen atoms in total. The molecule has 0 saturated heterocycles. The first-order valence-corrected chi connectivity index (χ1v) is 3.50. The lowest BCUT2D eigenvalue weighted by Crippen LogP contribution is -2.32. The van der Waals surface area contributed by atoms with Gasteiger partial charge < -0.3 is 4.90 Å². The molecule has 0 heterocycles. The normalized spacial score (nSPS) is 14.7. The van der Waals surface area contributed by atoms with Crippen molar-refractivity contribution in [2.75, 3.05) is 6.54 Å². The molecule has 0 aliphatic heterocycles. The van der Waals surface area contributed by atoms with Gasteiger partial charge in [-0.25, -0.2) is 0 Å². The van der Waals surface area contributed by atoms with E-state index in [0.717, 1.165) is 12.8 Å². The summed E-state index contributed by atoms with van der Waals surface area (Å²) in [5.74, 6) is 4.19. The Morgan fingerprint density at radius 2 is 2.18 bits per heavy atom. The molecular formula is C9H9NO. The van der Waals surface area contributed by atoms with E-state index in [1.807, 2.05) is 0 Å². The van der Waals surface area contributed by atoms with Crippen LogP contribution in [0.3, 0.4) is 0 Å². The first-order chi connectivity index (χ1) is 5.29. The minimum Gasteiger partial charge on any atom is -0.318 e. The molecule has 0 bridgehead atoms. The Bertz CT molecular complexity index is 239. The van der Waals surface area contributed by atoms with E-state index in [4.69, 9.17) is 12.8 Å². The highest BCUT2D eigenvalue weighted by molar-refractivity contribution is 5.93. The van der Waals surface area contributed by atoms with Crippen LogP contribution in [0.5, 0.6) is 0 Å². The van der Waals surface area contributed by atoms with Crippen molar-refractivity contribution in [3.63, 3.8) is 0 Å². The van der Waals surface area contributed by atoms with Crippen LogP contribution in [0.2, 0.25) is 0 Å². The number of carbonyl (C=O) groups excluding carboxylic acids is 1. The molecule has 1 rings (SSSR count). The molecule has 0 unspecified atom stereocenters. The van der Waals surface area contributed by atoms with Crippen molar-refractivity contribution in [1.29, 1.82) is 0 Å². The predicted octanol–water partition coefficient (Wildman–Crippen LogP) is 0.244. The van der Waals surface area contributed by atoms with Gasteiger partial charge in [0.25, 0.3) is 5.91 Å². The number of rotatable bonds is 2. The standard InChI is InChI=1S/C9H9NO/c1-3-7-10(8-5-6-8)9(11)4-2/h1-2,8H,5-7H2. The maximum absolute atomic E-state index is 11.0. The lowest BCUT2D eigenvalue weighted by atomic mass is 10.4. The first kappa shape index (κ1) is 7.69. The summed E-state index contributed by atoms with van der Waals surface area (Å²) in [5.41, 5.74) is 0. The summed E-state index contributed by atoms with van der Waals surface area (Å²) < 4.78 is 0. The van der Waals surface area contributed by atoms with Crippen molar-refractivity contribution in [2.24, 2.45) is 0 Å². The van der Waals surface area contributed by atoms with Crippen LogP contribution < -0.4 is 0 Å². The van der Waals surface area contributed by atoms with Crippen LogP contribution in [0.25, 0.3) is 0 Å². The molecule has 0 aromatic rings. The first-order valence-electron chi connectivity index (χ1n) is 3.50. The summed E-state index contributed by atoms with van der Waals surface area (Å²) in [7, 11) is 0. The van der Waals surface area contributed by atoms with Gasteiger partial charge in [-0.1, -0.05) is 5.92 Å². The second kappa shape index (κ2) is 3.12. The van der Waals surface area contributed by atoms with Crippen LogP contribution in [0.15, 0.2) is 0 Å². The van der Waals surface area contributed by atoms with Gasteiger partial charge >= 0.3 is 0 Å². The summed E-state index contributed by atoms with van der Waals surface area (Å²) in [5, 5.41) is 0. The Morgan fingerprint density at radius 3 is 2.55 bits per heavy atom. The second-order valence-corrected chi connectivity index (χ2v) is 2.51. The SMILES string of the molecule is C#CCN(C(=O)C#C)C1CC1. The lowest BCUT2D eigenvalue weighted by Gasteiger charge is -2.15. The van der Waals surface area contributed by atoms with Gasteiger partial charge in [-0.15, -0.1) is 12.8 Å². The molecule has 1 saturated carbocycles. The summed E-state index contributed by atoms with van der Waals surface area (Å²) in [6.07, 6.45) is 12.1. The molecule has 1 amide bonds. The highest BCUT2D eigenvalue weighted by atomic mass is 16.2. The van der Waals surface area contributed by atoms with E-state index >= 15 is 0 Å². The van der Waals surface area contributed by atoms with E-state index in [9.17, 15) is 4.79 Å². The average Bonchev–Trinajstić information content (AvgIpc) is 2.81. The number of amides is 1. The fourth-order valence-electron chi connectivity index (χ4n) is 0.934. The molecule has 0 N–H and O–H groups in total. The van der Waals surface area contributed by atoms with Crippen molar-refractivity contribution in [3.8, 4) is 24.7 Å². The second-order valence-electron chi connectivity index (χ2n) is 2.51. The third-order valence-electron chi connectivity index (χ3n) is 1.63. The zero-order valence-corrected chi connectivity index (χ0v) is 6.21. The van der Waals surface area contributed by atoms with E-state index in [2.05, 4.69) is 11.8 Å². The molecule has 0 aromatic carbocycles. The van der Waals surface area contributed by atoms with E-state index in [-0.39, 0.29) is 5.91 Å². The Hall–Kier alpha value is -1.41. The smallest absolute Gasteiger partial charge is 0.299 e. The zero-order valence-electron chi connectivity index (χ0n) is 6.21. The Balaban J connectivity index is 2.54. The minimum absolute atomic E-state index is 0.287. The van der Waals surface area contributed by atoms with Gasteiger partial charge in [-0.3, -0.25) is 4.79 Å². The van der Waals surface area contributed by atoms with Gasteiger partial charge in [0.05, 0.1) is 6.54 Å². The summed E-state index contributed by atoms with van der Waals surface area (Å²) in [6, 6.07) is 0.314. The number of carbonyl (C=O) groups is 1. The molecule has 1 aliphatic rings. The number of nitrogens with zero attached hydrogens (tertiary/aromatic N) is 1. The van der Waals surface area contributed by atoms with Crippen LogP contribution in [-0.2, 0) is 4.79 Å². The van der Waals surface area contributed by atoms with Gasteiger partial charge in [-0.2, -0.15) is 0 Å². The number of hydrogen-bond acceptors (Lipinski definition) is 1. The van der Waals surface area contributed by atoms with Crippen molar-refractivity contribution < 1.29 is 4.79 Å². The van der Waals surface area contributed by atoms with Crippen molar-refractivity contribution in [3.05, 3.63) is 0 Å². The van der Waals surface area contributed by atoms with E-state index in [1.165, 1.54) is 0 Å². The summed E-state index contributed by atoms with van der Waals surface area (Å²) >= 11 is 0. The van der Waals surface area contributed by atoms with Crippen LogP contribution in [0, 0.1) is 24.7 Å². The Morgan fingerprint density at radius 1 is 1.55 bits per heavy atom. The highest BCUT2D eigenvalue weighted by Crippen LogP contribution is 2.26. The molecule has 0 spiro atoms. The largest absolute Gasteiger partial charge is 0.318 e. The fraction of sp³-hybridized carbons (Fsp3) is 0.444. The molecule has 11 heavy (non-hydrogen) atoms. The molecule has 1 fully saturated rings. The van der Waals surface area contributed by atoms with Gasteiger partial charge in [0.2, 0.25) is 0 Å². The van der Waals surface area contributed by atoms with Gasteiger partial charge in [-0.05, 0) is 18.8 Å². The molecule has 0 atom stereocenters. The van der Waals surface area contributed by atoms with Crippen LogP contribution in [0.4, 0.5) is 0 Å². The summed E-state index contributed by atoms with van der Waals surface area (Å²) in [6.45, 7) is 0.341. The summed E-state index contributed by atoms with van der Waals surface area (Å²) in [4.78, 5) is 12.5. The number of terminal acetylenes is 2. The van der Waals surface area contributed by atoms with Crippen LogP contribution >= 0.6 is 0 Å².